The van der Waals surface area contributed by atoms with Gasteiger partial charge in [-0.3, -0.25) is 19.6 Å². The normalized spacial score (nSPS) is 15.9. The highest BCUT2D eigenvalue weighted by atomic mass is 19.3. The highest BCUT2D eigenvalue weighted by Crippen LogP contribution is 2.28. The molecule has 0 radical (unpaired) electrons. The lowest BCUT2D eigenvalue weighted by Crippen LogP contribution is -2.54. The number of carbonyl (C=O) groups is 3. The van der Waals surface area contributed by atoms with Crippen LogP contribution in [0.1, 0.15) is 29.6 Å². The zero-order valence-electron chi connectivity index (χ0n) is 20.9. The Labute approximate surface area is 214 Å². The molecule has 200 valence electrons. The Morgan fingerprint density at radius 3 is 2.14 bits per heavy atom. The molecule has 0 saturated carbocycles. The molecular weight excluding hydrogens is 486 g/mol. The molecule has 1 saturated heterocycles. The summed E-state index contributed by atoms with van der Waals surface area (Å²) in [5, 5.41) is 11.2. The summed E-state index contributed by atoms with van der Waals surface area (Å²) >= 11 is 0. The lowest BCUT2D eigenvalue weighted by atomic mass is 10.0. The second-order valence-electron chi connectivity index (χ2n) is 8.91. The molecule has 2 aromatic carbocycles. The number of piperidine rings is 1. The van der Waals surface area contributed by atoms with Crippen LogP contribution < -0.4 is 15.5 Å². The number of rotatable bonds is 10. The Morgan fingerprint density at radius 2 is 1.59 bits per heavy atom. The molecule has 0 bridgehead atoms. The molecule has 1 atom stereocenters. The molecule has 3 N–H and O–H groups in total. The lowest BCUT2D eigenvalue weighted by molar-refractivity contribution is -0.140. The van der Waals surface area contributed by atoms with E-state index in [2.05, 4.69) is 5.32 Å². The fraction of sp³-hybridized carbons (Fsp3) is 0.423. The third-order valence-electron chi connectivity index (χ3n) is 6.36. The minimum Gasteiger partial charge on any atom is -0.494 e. The van der Waals surface area contributed by atoms with Crippen molar-refractivity contribution in [1.82, 2.24) is 20.6 Å². The van der Waals surface area contributed by atoms with Crippen LogP contribution in [0.2, 0.25) is 0 Å². The van der Waals surface area contributed by atoms with Gasteiger partial charge in [0.2, 0.25) is 0 Å². The Bertz CT molecular complexity index is 1050. The van der Waals surface area contributed by atoms with Gasteiger partial charge in [-0.2, -0.15) is 0 Å². The maximum absolute atomic E-state index is 13.2. The summed E-state index contributed by atoms with van der Waals surface area (Å²) in [6, 6.07) is 12.6. The van der Waals surface area contributed by atoms with Gasteiger partial charge in [-0.25, -0.2) is 14.3 Å². The van der Waals surface area contributed by atoms with Gasteiger partial charge in [0.05, 0.1) is 6.61 Å². The molecule has 3 amide bonds. The first-order valence-electron chi connectivity index (χ1n) is 12.0. The molecule has 1 heterocycles. The third-order valence-corrected chi connectivity index (χ3v) is 6.36. The fourth-order valence-electron chi connectivity index (χ4n) is 4.12. The molecule has 1 aliphatic heterocycles. The van der Waals surface area contributed by atoms with Crippen LogP contribution in [0.25, 0.3) is 11.1 Å². The second kappa shape index (κ2) is 12.6. The number of alkyl halides is 2. The van der Waals surface area contributed by atoms with Gasteiger partial charge >= 0.3 is 0 Å². The fourth-order valence-corrected chi connectivity index (χ4v) is 4.12. The zero-order chi connectivity index (χ0) is 27.0. The quantitative estimate of drug-likeness (QED) is 0.193. The molecular formula is C26H32F2N4O5. The number of hydroxylamine groups is 1. The molecule has 0 aliphatic carbocycles. The van der Waals surface area contributed by atoms with Crippen molar-refractivity contribution in [1.29, 1.82) is 0 Å². The lowest BCUT2D eigenvalue weighted by Gasteiger charge is -2.31. The van der Waals surface area contributed by atoms with Crippen LogP contribution in [0.3, 0.4) is 0 Å². The Balaban J connectivity index is 1.52. The molecule has 0 aromatic heterocycles. The van der Waals surface area contributed by atoms with Gasteiger partial charge in [0.25, 0.3) is 23.6 Å². The maximum atomic E-state index is 13.2. The van der Waals surface area contributed by atoms with Crippen LogP contribution in [0.4, 0.5) is 8.78 Å². The highest BCUT2D eigenvalue weighted by molar-refractivity contribution is 6.08. The van der Waals surface area contributed by atoms with E-state index in [4.69, 9.17) is 9.94 Å². The summed E-state index contributed by atoms with van der Waals surface area (Å²) in [4.78, 5) is 39.7. The van der Waals surface area contributed by atoms with Crippen molar-refractivity contribution in [2.24, 2.45) is 0 Å². The van der Waals surface area contributed by atoms with E-state index >= 15 is 0 Å². The number of likely N-dealkylation sites (N-methyl/N-ethyl adjacent to an activating group) is 2. The minimum absolute atomic E-state index is 0.0848. The Kier molecular flexibility index (Phi) is 9.54. The van der Waals surface area contributed by atoms with Crippen LogP contribution in [-0.4, -0.2) is 85.0 Å². The number of likely N-dealkylation sites (tertiary alicyclic amines) is 1. The number of benzene rings is 2. The van der Waals surface area contributed by atoms with Crippen molar-refractivity contribution in [3.8, 4) is 16.9 Å². The van der Waals surface area contributed by atoms with E-state index in [1.165, 1.54) is 19.6 Å². The van der Waals surface area contributed by atoms with E-state index in [-0.39, 0.29) is 18.4 Å². The third kappa shape index (κ3) is 7.46. The number of nitrogens with zero attached hydrogens (tertiary/aromatic N) is 2. The maximum Gasteiger partial charge on any atom is 0.275 e. The first-order valence-corrected chi connectivity index (χ1v) is 12.0. The monoisotopic (exact) mass is 518 g/mol. The van der Waals surface area contributed by atoms with E-state index in [0.717, 1.165) is 29.0 Å². The van der Waals surface area contributed by atoms with Crippen molar-refractivity contribution in [3.05, 3.63) is 54.1 Å². The second-order valence-corrected chi connectivity index (χ2v) is 8.91. The van der Waals surface area contributed by atoms with E-state index in [1.54, 1.807) is 24.3 Å². The summed E-state index contributed by atoms with van der Waals surface area (Å²) in [7, 11) is 2.62. The van der Waals surface area contributed by atoms with Crippen molar-refractivity contribution >= 4 is 17.7 Å². The molecule has 0 spiro atoms. The first-order chi connectivity index (χ1) is 17.6. The zero-order valence-corrected chi connectivity index (χ0v) is 20.9. The predicted molar refractivity (Wildman–Crippen MR) is 132 cm³/mol. The van der Waals surface area contributed by atoms with Crippen molar-refractivity contribution in [2.75, 3.05) is 40.3 Å². The van der Waals surface area contributed by atoms with E-state index in [9.17, 15) is 23.2 Å². The number of carbonyl (C=O) groups excluding carboxylic acids is 3. The van der Waals surface area contributed by atoms with Gasteiger partial charge < -0.3 is 19.9 Å². The van der Waals surface area contributed by atoms with Crippen LogP contribution in [0, 0.1) is 0 Å². The molecule has 11 heteroatoms. The predicted octanol–water partition coefficient (Wildman–Crippen LogP) is 2.55. The van der Waals surface area contributed by atoms with Crippen molar-refractivity contribution < 1.29 is 33.1 Å². The van der Waals surface area contributed by atoms with Crippen molar-refractivity contribution in [2.45, 2.75) is 31.2 Å². The molecule has 1 fully saturated rings. The van der Waals surface area contributed by atoms with Crippen LogP contribution >= 0.6 is 0 Å². The summed E-state index contributed by atoms with van der Waals surface area (Å²) in [6.45, 7) is 2.04. The van der Waals surface area contributed by atoms with Crippen LogP contribution in [0.5, 0.6) is 5.75 Å². The largest absolute Gasteiger partial charge is 0.494 e. The summed E-state index contributed by atoms with van der Waals surface area (Å²) < 4.78 is 32.2. The summed E-state index contributed by atoms with van der Waals surface area (Å²) in [6.07, 6.45) is 0.578. The Morgan fingerprint density at radius 1 is 1.03 bits per heavy atom. The number of halogens is 2. The average molecular weight is 519 g/mol. The van der Waals surface area contributed by atoms with E-state index in [1.807, 2.05) is 29.2 Å². The van der Waals surface area contributed by atoms with Gasteiger partial charge in [-0.1, -0.05) is 24.3 Å². The van der Waals surface area contributed by atoms with Crippen LogP contribution in [-0.2, 0) is 9.59 Å². The average Bonchev–Trinajstić information content (AvgIpc) is 2.91. The molecule has 1 unspecified atom stereocenters. The number of hydrogen-bond donors (Lipinski definition) is 3. The SMILES string of the molecule is CNC(=O)C(C(=O)NO)N(C)C(=O)c1ccc(-c2ccc(OCCCN3CCC(F)(F)CC3)cc2)cc1. The van der Waals surface area contributed by atoms with E-state index in [0.29, 0.717) is 25.4 Å². The number of hydrogen-bond acceptors (Lipinski definition) is 6. The van der Waals surface area contributed by atoms with Gasteiger partial charge in [0.15, 0.2) is 6.04 Å². The number of nitrogens with one attached hydrogen (secondary N) is 2. The molecule has 2 aromatic rings. The summed E-state index contributed by atoms with van der Waals surface area (Å²) in [5.41, 5.74) is 3.42. The van der Waals surface area contributed by atoms with Gasteiger partial charge in [-0.05, 0) is 41.8 Å². The van der Waals surface area contributed by atoms with Gasteiger partial charge in [-0.15, -0.1) is 0 Å². The molecule has 1 aliphatic rings. The summed E-state index contributed by atoms with van der Waals surface area (Å²) in [5.74, 6) is -4.16. The molecule has 3 rings (SSSR count). The van der Waals surface area contributed by atoms with E-state index < -0.39 is 29.7 Å². The van der Waals surface area contributed by atoms with Crippen LogP contribution in [0.15, 0.2) is 48.5 Å². The smallest absolute Gasteiger partial charge is 0.275 e. The first kappa shape index (κ1) is 28.0. The molecule has 37 heavy (non-hydrogen) atoms. The Hall–Kier alpha value is -3.57. The van der Waals surface area contributed by atoms with Crippen molar-refractivity contribution in [3.63, 3.8) is 0 Å². The van der Waals surface area contributed by atoms with Gasteiger partial charge in [0, 0.05) is 52.1 Å². The highest BCUT2D eigenvalue weighted by Gasteiger charge is 2.34. The minimum atomic E-state index is -2.53. The van der Waals surface area contributed by atoms with Gasteiger partial charge in [0.1, 0.15) is 5.75 Å². The standard InChI is InChI=1S/C26H32F2N4O5/c1-29-23(33)22(24(34)30-36)31(2)25(35)20-6-4-18(5-7-20)19-8-10-21(11-9-19)37-17-3-14-32-15-12-26(27,28)13-16-32/h4-11,22,36H,3,12-17H2,1-2H3,(H,29,33)(H,30,34). The molecule has 9 nitrogen and oxygen atoms in total. The topological polar surface area (TPSA) is 111 Å². The number of amides is 3. The number of ether oxygens (including phenoxy) is 1.